The average Bonchev–Trinajstić information content (AvgIpc) is 2.78. The Kier molecular flexibility index (Phi) is 11.0. The number of hydrogen-bond donors (Lipinski definition) is 0. The van der Waals surface area contributed by atoms with Gasteiger partial charge in [0.2, 0.25) is 0 Å². The Morgan fingerprint density at radius 3 is 1.27 bits per heavy atom. The van der Waals surface area contributed by atoms with Crippen LogP contribution in [0.5, 0.6) is 0 Å². The van der Waals surface area contributed by atoms with Gasteiger partial charge < -0.3 is 0 Å². The van der Waals surface area contributed by atoms with E-state index in [1.54, 1.807) is 0 Å². The van der Waals surface area contributed by atoms with Crippen molar-refractivity contribution in [2.24, 2.45) is 0 Å². The van der Waals surface area contributed by atoms with Crippen molar-refractivity contribution in [2.45, 2.75) is 163 Å². The van der Waals surface area contributed by atoms with E-state index in [1.165, 1.54) is 37.7 Å². The van der Waals surface area contributed by atoms with Crippen LogP contribution < -0.4 is 8.75 Å². The fourth-order valence-corrected chi connectivity index (χ4v) is 23.3. The van der Waals surface area contributed by atoms with Crippen LogP contribution in [-0.4, -0.2) is 32.7 Å². The van der Waals surface area contributed by atoms with Crippen LogP contribution in [0.1, 0.15) is 176 Å². The molecule has 1 unspecified atom stereocenters. The summed E-state index contributed by atoms with van der Waals surface area (Å²) in [4.78, 5) is 0. The molecule has 2 aromatic carbocycles. The number of rotatable bonds is 6. The SMILES string of the molecule is CC(C)c1cc(C(C)C)[c]([Ge]([F])([CH]=[As]c2c(C(C)(C)C)cc(C(C)(C)C)cc2C(C)(C)C)[C](C)(C)C)c(C(C)C)c1. The van der Waals surface area contributed by atoms with Gasteiger partial charge in [0.25, 0.3) is 0 Å². The maximum atomic E-state index is 18.6. The van der Waals surface area contributed by atoms with Crippen LogP contribution in [0.25, 0.3) is 0 Å². The summed E-state index contributed by atoms with van der Waals surface area (Å²) >= 11 is -4.77. The minimum atomic E-state index is -4.29. The van der Waals surface area contributed by atoms with Gasteiger partial charge in [-0.2, -0.15) is 0 Å². The van der Waals surface area contributed by atoms with Crippen molar-refractivity contribution in [1.29, 1.82) is 0 Å². The predicted octanol–water partition coefficient (Wildman–Crippen LogP) is 10.2. The first-order valence-corrected chi connectivity index (χ1v) is 22.0. The molecule has 3 heteroatoms. The minimum absolute atomic E-state index is 0.0150. The van der Waals surface area contributed by atoms with Crippen molar-refractivity contribution in [3.63, 3.8) is 0 Å². The van der Waals surface area contributed by atoms with Gasteiger partial charge in [0, 0.05) is 0 Å². The number of halogens is 1. The molecule has 2 aromatic rings. The van der Waals surface area contributed by atoms with E-state index in [4.69, 9.17) is 0 Å². The molecule has 0 saturated carbocycles. The average molecular weight is 685 g/mol. The van der Waals surface area contributed by atoms with E-state index in [0.717, 1.165) is 4.40 Å². The first-order valence-electron chi connectivity index (χ1n) is 15.8. The van der Waals surface area contributed by atoms with Crippen LogP contribution in [-0.2, 0) is 16.2 Å². The molecule has 0 spiro atoms. The van der Waals surface area contributed by atoms with Crippen LogP contribution in [0.3, 0.4) is 0 Å². The van der Waals surface area contributed by atoms with Crippen LogP contribution in [0.2, 0.25) is 4.25 Å². The molecule has 0 radical (unpaired) electrons. The molecule has 0 heterocycles. The summed E-state index contributed by atoms with van der Waals surface area (Å²) in [6.45, 7) is 41.0. The van der Waals surface area contributed by atoms with Crippen molar-refractivity contribution >= 4 is 41.4 Å². The summed E-state index contributed by atoms with van der Waals surface area (Å²) < 4.78 is 23.0. The van der Waals surface area contributed by atoms with Crippen molar-refractivity contribution in [2.75, 3.05) is 0 Å². The summed E-state index contributed by atoms with van der Waals surface area (Å²) in [6.07, 6.45) is 0. The molecule has 0 aliphatic heterocycles. The zero-order valence-corrected chi connectivity index (χ0v) is 33.9. The van der Waals surface area contributed by atoms with E-state index in [1.807, 2.05) is 0 Å². The first-order chi connectivity index (χ1) is 18.2. The Morgan fingerprint density at radius 1 is 0.610 bits per heavy atom. The fraction of sp³-hybridized carbons (Fsp3) is 0.658. The van der Waals surface area contributed by atoms with E-state index in [2.05, 4.69) is 153 Å². The molecule has 1 atom stereocenters. The zero-order chi connectivity index (χ0) is 32.1. The molecule has 0 aromatic heterocycles. The summed E-state index contributed by atoms with van der Waals surface area (Å²) in [5.74, 6) is 1.00. The van der Waals surface area contributed by atoms with Crippen molar-refractivity contribution in [3.8, 4) is 0 Å². The Hall–Kier alpha value is -0.659. The van der Waals surface area contributed by atoms with E-state index in [-0.39, 0.29) is 28.1 Å². The van der Waals surface area contributed by atoms with E-state index in [0.29, 0.717) is 5.92 Å². The number of benzene rings is 2. The van der Waals surface area contributed by atoms with Crippen LogP contribution in [0.15, 0.2) is 24.3 Å². The second-order valence-corrected chi connectivity index (χ2v) is 29.4. The van der Waals surface area contributed by atoms with Crippen molar-refractivity contribution in [1.82, 2.24) is 0 Å². The van der Waals surface area contributed by atoms with E-state index < -0.39 is 33.3 Å². The monoisotopic (exact) mass is 686 g/mol. The van der Waals surface area contributed by atoms with Crippen molar-refractivity contribution < 1.29 is 3.50 Å². The van der Waals surface area contributed by atoms with Crippen LogP contribution in [0, 0.1) is 0 Å². The molecule has 0 aliphatic rings. The van der Waals surface area contributed by atoms with Gasteiger partial charge in [0.05, 0.1) is 0 Å². The molecule has 41 heavy (non-hydrogen) atoms. The van der Waals surface area contributed by atoms with Crippen molar-refractivity contribution in [3.05, 3.63) is 57.6 Å². The van der Waals surface area contributed by atoms with Gasteiger partial charge in [-0.15, -0.1) is 0 Å². The van der Waals surface area contributed by atoms with Gasteiger partial charge in [0.1, 0.15) is 0 Å². The molecule has 0 bridgehead atoms. The molecule has 0 amide bonds. The van der Waals surface area contributed by atoms with Gasteiger partial charge in [-0.1, -0.05) is 0 Å². The summed E-state index contributed by atoms with van der Waals surface area (Å²) in [5.41, 5.74) is 8.08. The Labute approximate surface area is 264 Å². The zero-order valence-electron chi connectivity index (χ0n) is 29.9. The number of hydrogen-bond acceptors (Lipinski definition) is 0. The van der Waals surface area contributed by atoms with Gasteiger partial charge in [0.15, 0.2) is 0 Å². The first kappa shape index (κ1) is 36.5. The molecule has 0 aliphatic carbocycles. The van der Waals surface area contributed by atoms with Gasteiger partial charge in [-0.25, -0.2) is 0 Å². The normalized spacial score (nSPS) is 15.5. The quantitative estimate of drug-likeness (QED) is 0.266. The van der Waals surface area contributed by atoms with E-state index in [9.17, 15) is 0 Å². The summed E-state index contributed by atoms with van der Waals surface area (Å²) in [7, 11) is 0. The van der Waals surface area contributed by atoms with Gasteiger partial charge in [-0.05, 0) is 0 Å². The third kappa shape index (κ3) is 8.09. The molecule has 0 saturated heterocycles. The van der Waals surface area contributed by atoms with Gasteiger partial charge in [-0.3, -0.25) is 0 Å². The summed E-state index contributed by atoms with van der Waals surface area (Å²) in [6, 6.07) is 9.61. The van der Waals surface area contributed by atoms with Crippen LogP contribution >= 0.6 is 0 Å². The predicted molar refractivity (Wildman–Crippen MR) is 189 cm³/mol. The topological polar surface area (TPSA) is 0 Å². The van der Waals surface area contributed by atoms with E-state index >= 15 is 3.50 Å². The molecule has 0 nitrogen and oxygen atoms in total. The molecule has 0 fully saturated rings. The van der Waals surface area contributed by atoms with Crippen LogP contribution in [0.4, 0.5) is 3.50 Å². The Balaban J connectivity index is 3.12. The van der Waals surface area contributed by atoms with Gasteiger partial charge >= 0.3 is 265 Å². The Morgan fingerprint density at radius 2 is 1.00 bits per heavy atom. The molecule has 0 N–H and O–H groups in total. The Bertz CT molecular complexity index is 1190. The molecular formula is C38H62AsFGe. The standard InChI is InChI=1S/C38H62AsFGe/c1-24(2)27-19-29(25(3)4)34(30(20-27)26(5)6)41(40,38(16,17)18)23-39-33-31(36(10,11)12)21-28(35(7,8)9)22-32(33)37(13,14)15/h19-26H,1-18H3. The second-order valence-electron chi connectivity index (χ2n) is 17.4. The molecular weight excluding hydrogens is 623 g/mol. The third-order valence-electron chi connectivity index (χ3n) is 8.55. The molecule has 2 rings (SSSR count). The third-order valence-corrected chi connectivity index (χ3v) is 23.7. The maximum absolute atomic E-state index is 18.6. The fourth-order valence-electron chi connectivity index (χ4n) is 5.51. The second kappa shape index (κ2) is 12.4. The summed E-state index contributed by atoms with van der Waals surface area (Å²) in [5, 5.41) is 0. The molecule has 230 valence electrons.